The Kier molecular flexibility index (Phi) is 12.8. The topological polar surface area (TPSA) is 94.8 Å². The maximum absolute atomic E-state index is 12.7. The Hall–Kier alpha value is -0.850. The first-order chi connectivity index (χ1) is 13.8. The fourth-order valence-electron chi connectivity index (χ4n) is 4.07. The van der Waals surface area contributed by atoms with Crippen molar-refractivity contribution in [2.75, 3.05) is 12.4 Å². The van der Waals surface area contributed by atoms with E-state index in [0.717, 1.165) is 51.4 Å². The number of aliphatic carboxylic acids is 1. The highest BCUT2D eigenvalue weighted by molar-refractivity contribution is 8.00. The number of aliphatic hydroxyl groups excluding tert-OH is 1. The molecule has 6 heteroatoms. The number of carbonyl (C=O) groups excluding carboxylic acids is 1. The molecule has 0 aromatic heterocycles. The lowest BCUT2D eigenvalue weighted by atomic mass is 9.87. The zero-order chi connectivity index (χ0) is 21.7. The van der Waals surface area contributed by atoms with Crippen molar-refractivity contribution in [1.82, 2.24) is 0 Å². The van der Waals surface area contributed by atoms with Crippen molar-refractivity contribution in [2.45, 2.75) is 95.3 Å². The lowest BCUT2D eigenvalue weighted by Gasteiger charge is -2.24. The van der Waals surface area contributed by atoms with Crippen LogP contribution in [0.2, 0.25) is 0 Å². The second kappa shape index (κ2) is 14.2. The molecule has 1 fully saturated rings. The molecule has 1 aliphatic carbocycles. The van der Waals surface area contributed by atoms with Crippen molar-refractivity contribution in [1.29, 1.82) is 0 Å². The van der Waals surface area contributed by atoms with Crippen LogP contribution in [0.5, 0.6) is 0 Å². The maximum Gasteiger partial charge on any atom is 0.303 e. The summed E-state index contributed by atoms with van der Waals surface area (Å²) in [5.41, 5.74) is -0.853. The molecule has 4 atom stereocenters. The van der Waals surface area contributed by atoms with E-state index in [0.29, 0.717) is 18.6 Å². The Labute approximate surface area is 180 Å². The third-order valence-corrected chi connectivity index (χ3v) is 7.08. The number of thioether (sulfide) groups is 1. The van der Waals surface area contributed by atoms with Crippen LogP contribution in [0, 0.1) is 11.8 Å². The van der Waals surface area contributed by atoms with Crippen LogP contribution in [0.3, 0.4) is 0 Å². The Balaban J connectivity index is 2.66. The van der Waals surface area contributed by atoms with Crippen LogP contribution < -0.4 is 0 Å². The van der Waals surface area contributed by atoms with Crippen molar-refractivity contribution in [3.05, 3.63) is 12.2 Å². The minimum Gasteiger partial charge on any atom is -0.481 e. The molecular weight excluding hydrogens is 388 g/mol. The zero-order valence-corrected chi connectivity index (χ0v) is 19.0. The van der Waals surface area contributed by atoms with E-state index in [1.54, 1.807) is 11.8 Å². The molecule has 3 N–H and O–H groups in total. The fourth-order valence-corrected chi connectivity index (χ4v) is 5.27. The molecule has 0 aliphatic heterocycles. The molecule has 0 aromatic carbocycles. The van der Waals surface area contributed by atoms with E-state index >= 15 is 0 Å². The van der Waals surface area contributed by atoms with Gasteiger partial charge in [-0.15, -0.1) is 0 Å². The van der Waals surface area contributed by atoms with Crippen molar-refractivity contribution in [3.8, 4) is 0 Å². The Bertz CT molecular complexity index is 517. The molecule has 1 aliphatic rings. The molecule has 29 heavy (non-hydrogen) atoms. The smallest absolute Gasteiger partial charge is 0.303 e. The highest BCUT2D eigenvalue weighted by atomic mass is 32.2. The van der Waals surface area contributed by atoms with Gasteiger partial charge in [0.15, 0.2) is 0 Å². The van der Waals surface area contributed by atoms with Gasteiger partial charge in [0.25, 0.3) is 0 Å². The van der Waals surface area contributed by atoms with Gasteiger partial charge < -0.3 is 15.3 Å². The lowest BCUT2D eigenvalue weighted by Crippen LogP contribution is -2.23. The molecule has 5 nitrogen and oxygen atoms in total. The number of hydrogen-bond donors (Lipinski definition) is 3. The molecule has 0 aromatic rings. The van der Waals surface area contributed by atoms with Gasteiger partial charge in [-0.2, -0.15) is 11.8 Å². The van der Waals surface area contributed by atoms with Gasteiger partial charge in [-0.05, 0) is 32.1 Å². The number of aliphatic hydroxyl groups is 2. The third kappa shape index (κ3) is 10.7. The number of carbonyl (C=O) groups is 2. The summed E-state index contributed by atoms with van der Waals surface area (Å²) in [6.07, 6.45) is 12.9. The molecule has 1 saturated carbocycles. The fraction of sp³-hybridized carbons (Fsp3) is 0.826. The predicted molar refractivity (Wildman–Crippen MR) is 119 cm³/mol. The number of hydrogen-bond acceptors (Lipinski definition) is 5. The first-order valence-electron chi connectivity index (χ1n) is 11.2. The van der Waals surface area contributed by atoms with E-state index in [-0.39, 0.29) is 35.9 Å². The second-order valence-corrected chi connectivity index (χ2v) is 9.85. The van der Waals surface area contributed by atoms with Crippen LogP contribution in [0.25, 0.3) is 0 Å². The highest BCUT2D eigenvalue weighted by Crippen LogP contribution is 2.41. The summed E-state index contributed by atoms with van der Waals surface area (Å²) < 4.78 is 0. The molecule has 168 valence electrons. The summed E-state index contributed by atoms with van der Waals surface area (Å²) >= 11 is 1.65. The molecule has 0 heterocycles. The van der Waals surface area contributed by atoms with Gasteiger partial charge in [-0.25, -0.2) is 0 Å². The van der Waals surface area contributed by atoms with Crippen LogP contribution in [0.4, 0.5) is 0 Å². The second-order valence-electron chi connectivity index (χ2n) is 8.51. The van der Waals surface area contributed by atoms with Crippen LogP contribution in [-0.2, 0) is 9.59 Å². The minimum atomic E-state index is -0.853. The average Bonchev–Trinajstić information content (AvgIpc) is 2.95. The van der Waals surface area contributed by atoms with E-state index in [1.165, 1.54) is 0 Å². The Morgan fingerprint density at radius 1 is 1.21 bits per heavy atom. The number of allylic oxidation sites excluding steroid dienone is 1. The lowest BCUT2D eigenvalue weighted by molar-refractivity contribution is -0.137. The van der Waals surface area contributed by atoms with E-state index in [9.17, 15) is 19.8 Å². The maximum atomic E-state index is 12.7. The number of Topliss-reactive ketones (excluding diaryl/α,β-unsaturated/α-hetero) is 1. The Morgan fingerprint density at radius 2 is 1.93 bits per heavy atom. The van der Waals surface area contributed by atoms with E-state index in [1.807, 2.05) is 13.0 Å². The van der Waals surface area contributed by atoms with Gasteiger partial charge in [-0.3, -0.25) is 9.59 Å². The molecule has 0 radical (unpaired) electrons. The largest absolute Gasteiger partial charge is 0.481 e. The normalized spacial score (nSPS) is 24.3. The van der Waals surface area contributed by atoms with Gasteiger partial charge in [0.05, 0.1) is 12.2 Å². The summed E-state index contributed by atoms with van der Waals surface area (Å²) in [6.45, 7) is 4.09. The van der Waals surface area contributed by atoms with Gasteiger partial charge in [0.2, 0.25) is 0 Å². The van der Waals surface area contributed by atoms with Crippen molar-refractivity contribution in [3.63, 3.8) is 0 Å². The number of unbranched alkanes of at least 4 members (excludes halogenated alkanes) is 5. The third-order valence-electron chi connectivity index (χ3n) is 5.75. The standard InChI is InChI=1S/C23H40O5S/c1-3-4-9-13-23(2,28)14-12-19-18(10-7-5-6-8-11-22(26)27)20(25)17-21(19)29-16-15-24/h12,14,18-19,21,24,28H,3-11,13,15-17H2,1-2H3,(H,26,27)/b14-12+/t18-,19-,21-,23?/m1/s1. The van der Waals surface area contributed by atoms with E-state index < -0.39 is 11.6 Å². The monoisotopic (exact) mass is 428 g/mol. The first kappa shape index (κ1) is 26.2. The van der Waals surface area contributed by atoms with Crippen LogP contribution in [0.1, 0.15) is 84.5 Å². The minimum absolute atomic E-state index is 0.0339. The van der Waals surface area contributed by atoms with Crippen LogP contribution in [0.15, 0.2) is 12.2 Å². The number of ketones is 1. The number of rotatable bonds is 16. The Morgan fingerprint density at radius 3 is 2.59 bits per heavy atom. The molecule has 0 bridgehead atoms. The van der Waals surface area contributed by atoms with Crippen molar-refractivity contribution >= 4 is 23.5 Å². The van der Waals surface area contributed by atoms with Crippen molar-refractivity contribution in [2.24, 2.45) is 11.8 Å². The predicted octanol–water partition coefficient (Wildman–Crippen LogP) is 4.60. The summed E-state index contributed by atoms with van der Waals surface area (Å²) in [7, 11) is 0. The SMILES string of the molecule is CCCCCC(C)(O)/C=C/[C@H]1[C@H](SCCO)CC(=O)[C@@H]1CCCCCCC(=O)O. The van der Waals surface area contributed by atoms with Gasteiger partial charge in [-0.1, -0.05) is 57.6 Å². The molecule has 1 unspecified atom stereocenters. The van der Waals surface area contributed by atoms with Gasteiger partial charge in [0.1, 0.15) is 5.78 Å². The molecular formula is C23H40O5S. The van der Waals surface area contributed by atoms with Crippen molar-refractivity contribution < 1.29 is 24.9 Å². The summed E-state index contributed by atoms with van der Waals surface area (Å²) in [4.78, 5) is 23.2. The summed E-state index contributed by atoms with van der Waals surface area (Å²) in [5, 5.41) is 28.7. The molecule has 0 amide bonds. The van der Waals surface area contributed by atoms with E-state index in [4.69, 9.17) is 5.11 Å². The first-order valence-corrected chi connectivity index (χ1v) is 12.2. The summed E-state index contributed by atoms with van der Waals surface area (Å²) in [6, 6.07) is 0. The molecule has 0 spiro atoms. The molecule has 1 rings (SSSR count). The summed E-state index contributed by atoms with van der Waals surface area (Å²) in [5.74, 6) is 0.211. The van der Waals surface area contributed by atoms with Gasteiger partial charge >= 0.3 is 5.97 Å². The highest BCUT2D eigenvalue weighted by Gasteiger charge is 2.40. The quantitative estimate of drug-likeness (QED) is 0.246. The number of carboxylic acids is 1. The van der Waals surface area contributed by atoms with Crippen LogP contribution >= 0.6 is 11.8 Å². The van der Waals surface area contributed by atoms with Gasteiger partial charge in [0, 0.05) is 29.8 Å². The molecule has 0 saturated heterocycles. The average molecular weight is 429 g/mol. The zero-order valence-electron chi connectivity index (χ0n) is 18.1. The number of carboxylic acid groups (broad SMARTS) is 1. The van der Waals surface area contributed by atoms with E-state index in [2.05, 4.69) is 13.0 Å². The van der Waals surface area contributed by atoms with Crippen LogP contribution in [-0.4, -0.2) is 50.3 Å².